The largest absolute Gasteiger partial charge is 0.341 e. The van der Waals surface area contributed by atoms with Crippen molar-refractivity contribution >= 4 is 18.3 Å². The molecule has 0 aromatic rings. The Labute approximate surface area is 117 Å². The SMILES string of the molecule is CNC1CCCN(C(=O)C2C(C)(C)C2(C)C)C1.Cl. The molecule has 1 amide bonds. The Hall–Kier alpha value is -0.280. The molecule has 2 fully saturated rings. The van der Waals surface area contributed by atoms with Gasteiger partial charge in [0.1, 0.15) is 0 Å². The molecule has 0 spiro atoms. The van der Waals surface area contributed by atoms with E-state index in [-0.39, 0.29) is 29.2 Å². The number of rotatable bonds is 2. The van der Waals surface area contributed by atoms with Crippen LogP contribution in [0.1, 0.15) is 40.5 Å². The lowest BCUT2D eigenvalue weighted by atomic mass is 10.0. The van der Waals surface area contributed by atoms with Crippen LogP contribution in [0.25, 0.3) is 0 Å². The highest BCUT2D eigenvalue weighted by Crippen LogP contribution is 2.68. The second-order valence-corrected chi connectivity index (χ2v) is 6.79. The van der Waals surface area contributed by atoms with Gasteiger partial charge in [-0.2, -0.15) is 0 Å². The third-order valence-corrected chi connectivity index (χ3v) is 5.41. The minimum atomic E-state index is 0. The first-order valence-electron chi connectivity index (χ1n) is 6.78. The smallest absolute Gasteiger partial charge is 0.226 e. The lowest BCUT2D eigenvalue weighted by Gasteiger charge is -2.33. The molecule has 0 radical (unpaired) electrons. The molecule has 1 aliphatic carbocycles. The van der Waals surface area contributed by atoms with Crippen molar-refractivity contribution in [2.45, 2.75) is 46.6 Å². The van der Waals surface area contributed by atoms with E-state index in [1.54, 1.807) is 0 Å². The zero-order valence-electron chi connectivity index (χ0n) is 12.2. The van der Waals surface area contributed by atoms with E-state index < -0.39 is 0 Å². The fourth-order valence-electron chi connectivity index (χ4n) is 3.41. The second kappa shape index (κ2) is 5.01. The number of halogens is 1. The number of piperidine rings is 1. The second-order valence-electron chi connectivity index (χ2n) is 6.79. The number of carbonyl (C=O) groups excluding carboxylic acids is 1. The van der Waals surface area contributed by atoms with E-state index in [1.165, 1.54) is 6.42 Å². The molecule has 1 saturated heterocycles. The lowest BCUT2D eigenvalue weighted by Crippen LogP contribution is -2.48. The molecule has 0 bridgehead atoms. The fourth-order valence-corrected chi connectivity index (χ4v) is 3.41. The molecule has 106 valence electrons. The van der Waals surface area contributed by atoms with E-state index in [0.29, 0.717) is 11.9 Å². The lowest BCUT2D eigenvalue weighted by molar-refractivity contribution is -0.135. The van der Waals surface area contributed by atoms with Gasteiger partial charge in [0.05, 0.1) is 0 Å². The molecule has 1 unspecified atom stereocenters. The van der Waals surface area contributed by atoms with Crippen LogP contribution in [0.15, 0.2) is 0 Å². The third-order valence-electron chi connectivity index (χ3n) is 5.41. The molecular weight excluding hydrogens is 248 g/mol. The quantitative estimate of drug-likeness (QED) is 0.838. The fraction of sp³-hybridized carbons (Fsp3) is 0.929. The molecule has 3 nitrogen and oxygen atoms in total. The zero-order chi connectivity index (χ0) is 12.8. The van der Waals surface area contributed by atoms with Crippen LogP contribution < -0.4 is 5.32 Å². The zero-order valence-corrected chi connectivity index (χ0v) is 13.1. The summed E-state index contributed by atoms with van der Waals surface area (Å²) in [5, 5.41) is 3.30. The van der Waals surface area contributed by atoms with E-state index in [2.05, 4.69) is 37.9 Å². The van der Waals surface area contributed by atoms with Crippen LogP contribution in [0.2, 0.25) is 0 Å². The predicted molar refractivity (Wildman–Crippen MR) is 77.0 cm³/mol. The van der Waals surface area contributed by atoms with Crippen molar-refractivity contribution in [3.63, 3.8) is 0 Å². The van der Waals surface area contributed by atoms with Crippen molar-refractivity contribution in [3.8, 4) is 0 Å². The first-order chi connectivity index (χ1) is 7.82. The number of likely N-dealkylation sites (tertiary alicyclic amines) is 1. The number of carbonyl (C=O) groups is 1. The summed E-state index contributed by atoms with van der Waals surface area (Å²) in [5.74, 6) is 0.588. The number of amides is 1. The Morgan fingerprint density at radius 3 is 2.22 bits per heavy atom. The molecule has 1 saturated carbocycles. The van der Waals surface area contributed by atoms with Crippen LogP contribution in [-0.4, -0.2) is 37.0 Å². The molecule has 1 atom stereocenters. The number of nitrogens with one attached hydrogen (secondary N) is 1. The van der Waals surface area contributed by atoms with Gasteiger partial charge in [0.2, 0.25) is 5.91 Å². The molecule has 18 heavy (non-hydrogen) atoms. The van der Waals surface area contributed by atoms with E-state index in [1.807, 2.05) is 7.05 Å². The monoisotopic (exact) mass is 274 g/mol. The highest BCUT2D eigenvalue weighted by atomic mass is 35.5. The van der Waals surface area contributed by atoms with Gasteiger partial charge in [-0.3, -0.25) is 4.79 Å². The van der Waals surface area contributed by atoms with E-state index >= 15 is 0 Å². The molecule has 1 heterocycles. The normalized spacial score (nSPS) is 29.6. The van der Waals surface area contributed by atoms with Gasteiger partial charge in [-0.05, 0) is 30.7 Å². The predicted octanol–water partition coefficient (Wildman–Crippen LogP) is 2.30. The van der Waals surface area contributed by atoms with Gasteiger partial charge in [0.25, 0.3) is 0 Å². The molecule has 2 aliphatic rings. The van der Waals surface area contributed by atoms with Crippen molar-refractivity contribution in [1.29, 1.82) is 0 Å². The molecule has 0 aromatic carbocycles. The van der Waals surface area contributed by atoms with Crippen LogP contribution in [0.4, 0.5) is 0 Å². The first-order valence-corrected chi connectivity index (χ1v) is 6.78. The van der Waals surface area contributed by atoms with E-state index in [4.69, 9.17) is 0 Å². The Bertz CT molecular complexity index is 314. The summed E-state index contributed by atoms with van der Waals surface area (Å²) >= 11 is 0. The average Bonchev–Trinajstić information content (AvgIpc) is 2.69. The standard InChI is InChI=1S/C14H26N2O.ClH/c1-13(2)11(14(13,3)4)12(17)16-8-6-7-10(9-16)15-5;/h10-11,15H,6-9H2,1-5H3;1H. The Morgan fingerprint density at radius 1 is 1.22 bits per heavy atom. The van der Waals surface area contributed by atoms with Crippen molar-refractivity contribution in [2.24, 2.45) is 16.7 Å². The molecule has 4 heteroatoms. The van der Waals surface area contributed by atoms with Gasteiger partial charge < -0.3 is 10.2 Å². The van der Waals surface area contributed by atoms with Crippen LogP contribution in [0.3, 0.4) is 0 Å². The number of likely N-dealkylation sites (N-methyl/N-ethyl adjacent to an activating group) is 1. The highest BCUT2D eigenvalue weighted by molar-refractivity contribution is 5.85. The number of nitrogens with zero attached hydrogens (tertiary/aromatic N) is 1. The van der Waals surface area contributed by atoms with Crippen LogP contribution in [0, 0.1) is 16.7 Å². The molecular formula is C14H27ClN2O. The van der Waals surface area contributed by atoms with Gasteiger partial charge in [0, 0.05) is 25.0 Å². The maximum absolute atomic E-state index is 12.6. The summed E-state index contributed by atoms with van der Waals surface area (Å²) in [4.78, 5) is 14.6. The highest BCUT2D eigenvalue weighted by Gasteiger charge is 2.68. The molecule has 1 aliphatic heterocycles. The molecule has 0 aromatic heterocycles. The minimum absolute atomic E-state index is 0. The maximum atomic E-state index is 12.6. The topological polar surface area (TPSA) is 32.3 Å². The van der Waals surface area contributed by atoms with E-state index in [9.17, 15) is 4.79 Å². The summed E-state index contributed by atoms with van der Waals surface area (Å²) in [6, 6.07) is 0.484. The number of hydrogen-bond acceptors (Lipinski definition) is 2. The van der Waals surface area contributed by atoms with Gasteiger partial charge in [0.15, 0.2) is 0 Å². The van der Waals surface area contributed by atoms with Gasteiger partial charge >= 0.3 is 0 Å². The van der Waals surface area contributed by atoms with Crippen molar-refractivity contribution in [2.75, 3.05) is 20.1 Å². The molecule has 1 N–H and O–H groups in total. The number of hydrogen-bond donors (Lipinski definition) is 1. The van der Waals surface area contributed by atoms with Gasteiger partial charge in [-0.25, -0.2) is 0 Å². The van der Waals surface area contributed by atoms with Crippen molar-refractivity contribution in [1.82, 2.24) is 10.2 Å². The van der Waals surface area contributed by atoms with Gasteiger partial charge in [-0.15, -0.1) is 12.4 Å². The van der Waals surface area contributed by atoms with Crippen LogP contribution in [0.5, 0.6) is 0 Å². The average molecular weight is 275 g/mol. The summed E-state index contributed by atoms with van der Waals surface area (Å²) in [7, 11) is 1.99. The van der Waals surface area contributed by atoms with E-state index in [0.717, 1.165) is 19.5 Å². The third kappa shape index (κ3) is 2.27. The van der Waals surface area contributed by atoms with Crippen LogP contribution >= 0.6 is 12.4 Å². The minimum Gasteiger partial charge on any atom is -0.341 e. The first kappa shape index (κ1) is 15.8. The Morgan fingerprint density at radius 2 is 1.78 bits per heavy atom. The van der Waals surface area contributed by atoms with Crippen molar-refractivity contribution < 1.29 is 4.79 Å². The Kier molecular flexibility index (Phi) is 4.39. The van der Waals surface area contributed by atoms with Gasteiger partial charge in [-0.1, -0.05) is 27.7 Å². The summed E-state index contributed by atoms with van der Waals surface area (Å²) < 4.78 is 0. The Balaban J connectivity index is 0.00000162. The maximum Gasteiger partial charge on any atom is 0.226 e. The van der Waals surface area contributed by atoms with Crippen LogP contribution in [-0.2, 0) is 4.79 Å². The summed E-state index contributed by atoms with van der Waals surface area (Å²) in [6.45, 7) is 10.7. The summed E-state index contributed by atoms with van der Waals surface area (Å²) in [5.41, 5.74) is 0.327. The van der Waals surface area contributed by atoms with Crippen molar-refractivity contribution in [3.05, 3.63) is 0 Å². The molecule has 2 rings (SSSR count). The summed E-state index contributed by atoms with van der Waals surface area (Å²) in [6.07, 6.45) is 2.32.